The van der Waals surface area contributed by atoms with Crippen molar-refractivity contribution < 1.29 is 14.4 Å². The summed E-state index contributed by atoms with van der Waals surface area (Å²) in [6, 6.07) is 0. The Morgan fingerprint density at radius 2 is 2.26 bits per heavy atom. The van der Waals surface area contributed by atoms with Gasteiger partial charge in [-0.3, -0.25) is 4.79 Å². The van der Waals surface area contributed by atoms with Crippen LogP contribution < -0.4 is 10.8 Å². The first-order valence-electron chi connectivity index (χ1n) is 9.88. The third kappa shape index (κ3) is 9.17. The molecule has 0 bridgehead atoms. The zero-order chi connectivity index (χ0) is 20.1. The lowest BCUT2D eigenvalue weighted by molar-refractivity contribution is -0.198. The molecule has 1 saturated heterocycles. The molecule has 1 aliphatic heterocycles. The van der Waals surface area contributed by atoms with E-state index in [9.17, 15) is 4.79 Å². The van der Waals surface area contributed by atoms with E-state index >= 15 is 0 Å². The Morgan fingerprint density at radius 3 is 2.85 bits per heavy atom. The molecule has 2 unspecified atom stereocenters. The number of allylic oxidation sites excluding steroid dienone is 1. The standard InChI is InChI=1S/C20H36N4O3/c1-6-11-24(15-16(3)13-21-5)17(4)22-14-18(7-2)20(25)23-27-19-10-8-9-12-26-19/h7,14,16,19,21H,4,6,8-13,15H2,1-3,5H3,(H,23,25)/b18-7+,22-14-. The minimum absolute atomic E-state index is 0.339. The molecule has 1 fully saturated rings. The summed E-state index contributed by atoms with van der Waals surface area (Å²) in [5.41, 5.74) is 2.88. The van der Waals surface area contributed by atoms with Crippen molar-refractivity contribution in [1.29, 1.82) is 0 Å². The molecule has 27 heavy (non-hydrogen) atoms. The molecule has 0 aromatic carbocycles. The Labute approximate surface area is 163 Å². The number of rotatable bonds is 12. The van der Waals surface area contributed by atoms with Gasteiger partial charge in [0, 0.05) is 32.3 Å². The maximum Gasteiger partial charge on any atom is 0.276 e. The van der Waals surface area contributed by atoms with E-state index in [-0.39, 0.29) is 12.2 Å². The van der Waals surface area contributed by atoms with E-state index in [1.807, 2.05) is 7.05 Å². The number of hydrogen-bond acceptors (Lipinski definition) is 6. The van der Waals surface area contributed by atoms with Crippen molar-refractivity contribution in [1.82, 2.24) is 15.7 Å². The Hall–Kier alpha value is -1.70. The summed E-state index contributed by atoms with van der Waals surface area (Å²) in [6.07, 6.45) is 6.72. The van der Waals surface area contributed by atoms with Gasteiger partial charge in [-0.1, -0.05) is 26.5 Å². The number of carbonyl (C=O) groups excluding carboxylic acids is 1. The maximum absolute atomic E-state index is 12.3. The SMILES string of the molecule is C=C(/N=C\C(=C/C)C(=O)NOC1CCCCO1)N(CCC)CC(C)CNC. The lowest BCUT2D eigenvalue weighted by Gasteiger charge is -2.27. The molecule has 0 radical (unpaired) electrons. The van der Waals surface area contributed by atoms with Crippen molar-refractivity contribution in [3.8, 4) is 0 Å². The van der Waals surface area contributed by atoms with Gasteiger partial charge >= 0.3 is 0 Å². The number of ether oxygens (including phenoxy) is 1. The average Bonchev–Trinajstić information content (AvgIpc) is 2.67. The van der Waals surface area contributed by atoms with E-state index < -0.39 is 0 Å². The van der Waals surface area contributed by atoms with Crippen LogP contribution in [0.5, 0.6) is 0 Å². The molecule has 154 valence electrons. The number of nitrogens with one attached hydrogen (secondary N) is 2. The minimum atomic E-state index is -0.374. The zero-order valence-corrected chi connectivity index (χ0v) is 17.3. The van der Waals surface area contributed by atoms with Gasteiger partial charge in [-0.25, -0.2) is 15.3 Å². The van der Waals surface area contributed by atoms with Crippen LogP contribution in [0.15, 0.2) is 29.0 Å². The summed E-state index contributed by atoms with van der Waals surface area (Å²) in [5, 5.41) is 3.19. The average molecular weight is 381 g/mol. The number of amides is 1. The van der Waals surface area contributed by atoms with Crippen LogP contribution in [0, 0.1) is 5.92 Å². The third-order valence-corrected chi connectivity index (χ3v) is 4.29. The van der Waals surface area contributed by atoms with Crippen LogP contribution in [0.4, 0.5) is 0 Å². The summed E-state index contributed by atoms with van der Waals surface area (Å²) >= 11 is 0. The molecule has 2 atom stereocenters. The lowest BCUT2D eigenvalue weighted by atomic mass is 10.1. The van der Waals surface area contributed by atoms with Crippen LogP contribution >= 0.6 is 0 Å². The van der Waals surface area contributed by atoms with Gasteiger partial charge in [-0.2, -0.15) is 0 Å². The molecule has 1 aliphatic rings. The molecule has 0 spiro atoms. The van der Waals surface area contributed by atoms with Crippen LogP contribution in [0.25, 0.3) is 0 Å². The Balaban J connectivity index is 2.57. The molecule has 1 rings (SSSR count). The first kappa shape index (κ1) is 23.3. The van der Waals surface area contributed by atoms with Crippen LogP contribution in [-0.2, 0) is 14.4 Å². The van der Waals surface area contributed by atoms with Crippen molar-refractivity contribution >= 4 is 12.1 Å². The van der Waals surface area contributed by atoms with Crippen molar-refractivity contribution in [2.45, 2.75) is 52.7 Å². The Bertz CT molecular complexity index is 513. The van der Waals surface area contributed by atoms with Gasteiger partial charge in [0.1, 0.15) is 5.82 Å². The van der Waals surface area contributed by atoms with E-state index in [2.05, 4.69) is 41.1 Å². The normalized spacial score (nSPS) is 19.1. The van der Waals surface area contributed by atoms with Gasteiger partial charge in [-0.15, -0.1) is 0 Å². The van der Waals surface area contributed by atoms with E-state index in [4.69, 9.17) is 9.57 Å². The molecule has 0 aromatic heterocycles. The van der Waals surface area contributed by atoms with E-state index in [0.717, 1.165) is 45.3 Å². The van der Waals surface area contributed by atoms with Crippen LogP contribution in [0.2, 0.25) is 0 Å². The fraction of sp³-hybridized carbons (Fsp3) is 0.700. The van der Waals surface area contributed by atoms with Crippen molar-refractivity contribution in [3.63, 3.8) is 0 Å². The summed E-state index contributed by atoms with van der Waals surface area (Å²) in [4.78, 5) is 24.2. The van der Waals surface area contributed by atoms with Crippen molar-refractivity contribution in [2.24, 2.45) is 10.9 Å². The number of carbonyl (C=O) groups is 1. The summed E-state index contributed by atoms with van der Waals surface area (Å²) in [7, 11) is 1.95. The molecule has 7 heteroatoms. The van der Waals surface area contributed by atoms with Gasteiger partial charge in [0.2, 0.25) is 0 Å². The molecule has 0 aromatic rings. The van der Waals surface area contributed by atoms with Crippen LogP contribution in [-0.4, -0.2) is 56.6 Å². The Morgan fingerprint density at radius 1 is 1.48 bits per heavy atom. The molecular weight excluding hydrogens is 344 g/mol. The van der Waals surface area contributed by atoms with Gasteiger partial charge < -0.3 is 15.0 Å². The Kier molecular flexibility index (Phi) is 11.6. The highest BCUT2D eigenvalue weighted by Gasteiger charge is 2.17. The second-order valence-electron chi connectivity index (χ2n) is 6.87. The predicted octanol–water partition coefficient (Wildman–Crippen LogP) is 2.62. The number of aliphatic imine (C=N–C) groups is 1. The van der Waals surface area contributed by atoms with E-state index in [1.54, 1.807) is 13.0 Å². The molecule has 1 heterocycles. The van der Waals surface area contributed by atoms with Crippen molar-refractivity contribution in [2.75, 3.05) is 33.3 Å². The van der Waals surface area contributed by atoms with Gasteiger partial charge in [0.05, 0.1) is 5.57 Å². The van der Waals surface area contributed by atoms with Crippen LogP contribution in [0.1, 0.15) is 46.5 Å². The molecule has 1 amide bonds. The fourth-order valence-corrected chi connectivity index (χ4v) is 2.86. The first-order chi connectivity index (χ1) is 13.0. The smallest absolute Gasteiger partial charge is 0.276 e. The van der Waals surface area contributed by atoms with E-state index in [0.29, 0.717) is 23.9 Å². The summed E-state index contributed by atoms with van der Waals surface area (Å²) in [6.45, 7) is 13.5. The molecule has 0 aliphatic carbocycles. The maximum atomic E-state index is 12.3. The molecule has 0 saturated carbocycles. The lowest BCUT2D eigenvalue weighted by Crippen LogP contribution is -2.34. The quantitative estimate of drug-likeness (QED) is 0.309. The topological polar surface area (TPSA) is 75.2 Å². The number of nitrogens with zero attached hydrogens (tertiary/aromatic N) is 2. The highest BCUT2D eigenvalue weighted by Crippen LogP contribution is 2.13. The van der Waals surface area contributed by atoms with E-state index in [1.165, 1.54) is 6.21 Å². The third-order valence-electron chi connectivity index (χ3n) is 4.29. The fourth-order valence-electron chi connectivity index (χ4n) is 2.86. The van der Waals surface area contributed by atoms with Gasteiger partial charge in [-0.05, 0) is 45.7 Å². The number of hydroxylamine groups is 1. The van der Waals surface area contributed by atoms with Crippen LogP contribution in [0.3, 0.4) is 0 Å². The monoisotopic (exact) mass is 380 g/mol. The highest BCUT2D eigenvalue weighted by atomic mass is 16.8. The van der Waals surface area contributed by atoms with Gasteiger partial charge in [0.15, 0.2) is 6.29 Å². The van der Waals surface area contributed by atoms with Crippen molar-refractivity contribution in [3.05, 3.63) is 24.0 Å². The zero-order valence-electron chi connectivity index (χ0n) is 17.3. The highest BCUT2D eigenvalue weighted by molar-refractivity contribution is 6.11. The predicted molar refractivity (Wildman–Crippen MR) is 109 cm³/mol. The van der Waals surface area contributed by atoms with Gasteiger partial charge in [0.25, 0.3) is 5.91 Å². The second-order valence-corrected chi connectivity index (χ2v) is 6.87. The largest absolute Gasteiger partial charge is 0.357 e. The number of hydrogen-bond donors (Lipinski definition) is 2. The molecule has 2 N–H and O–H groups in total. The second kappa shape index (κ2) is 13.5. The molecule has 7 nitrogen and oxygen atoms in total. The summed E-state index contributed by atoms with van der Waals surface area (Å²) < 4.78 is 5.44. The first-order valence-corrected chi connectivity index (χ1v) is 9.88. The summed E-state index contributed by atoms with van der Waals surface area (Å²) in [5.74, 6) is 0.791. The molecular formula is C20H36N4O3. The minimum Gasteiger partial charge on any atom is -0.357 e.